The molecule has 2 rings (SSSR count). The van der Waals surface area contributed by atoms with Crippen LogP contribution in [0.2, 0.25) is 0 Å². The zero-order valence-electron chi connectivity index (χ0n) is 9.79. The molecule has 94 valence electrons. The molecule has 0 radical (unpaired) electrons. The molecule has 5 heteroatoms. The topological polar surface area (TPSA) is 41.1 Å². The fourth-order valence-electron chi connectivity index (χ4n) is 1.71. The molecule has 1 aliphatic rings. The van der Waals surface area contributed by atoms with E-state index in [9.17, 15) is 4.79 Å². The molecule has 0 aliphatic carbocycles. The predicted molar refractivity (Wildman–Crippen MR) is 74.2 cm³/mol. The lowest BCUT2D eigenvalue weighted by Gasteiger charge is -2.14. The Morgan fingerprint density at radius 3 is 3.00 bits per heavy atom. The van der Waals surface area contributed by atoms with E-state index < -0.39 is 0 Å². The maximum Gasteiger partial charge on any atom is 0.261 e. The molecule has 0 bridgehead atoms. The Bertz CT molecular complexity index is 414. The largest absolute Gasteiger partial charge is 0.348 e. The second-order valence-electron chi connectivity index (χ2n) is 3.93. The van der Waals surface area contributed by atoms with Crippen molar-refractivity contribution in [2.45, 2.75) is 13.3 Å². The van der Waals surface area contributed by atoms with Crippen molar-refractivity contribution < 1.29 is 4.79 Å². The summed E-state index contributed by atoms with van der Waals surface area (Å²) in [6.45, 7) is 4.58. The molecule has 17 heavy (non-hydrogen) atoms. The van der Waals surface area contributed by atoms with Crippen molar-refractivity contribution in [1.82, 2.24) is 10.6 Å². The van der Waals surface area contributed by atoms with Gasteiger partial charge in [-0.3, -0.25) is 4.79 Å². The summed E-state index contributed by atoms with van der Waals surface area (Å²) in [6.07, 6.45) is 3.19. The molecular weight excluding hydrogens is 256 g/mol. The van der Waals surface area contributed by atoms with Crippen LogP contribution in [0.3, 0.4) is 0 Å². The maximum absolute atomic E-state index is 11.8. The average molecular weight is 273 g/mol. The van der Waals surface area contributed by atoms with Gasteiger partial charge in [0.15, 0.2) is 0 Å². The van der Waals surface area contributed by atoms with Crippen LogP contribution in [0.15, 0.2) is 23.1 Å². The monoisotopic (exact) mass is 272 g/mol. The van der Waals surface area contributed by atoms with Crippen LogP contribution in [0.5, 0.6) is 0 Å². The highest BCUT2D eigenvalue weighted by Crippen LogP contribution is 2.15. The molecule has 1 aromatic heterocycles. The molecule has 0 fully saturated rings. The average Bonchev–Trinajstić information content (AvgIpc) is 2.74. The van der Waals surface area contributed by atoms with Crippen LogP contribution in [0.25, 0.3) is 0 Å². The van der Waals surface area contributed by atoms with Crippen molar-refractivity contribution >= 4 is 29.7 Å². The van der Waals surface area contributed by atoms with E-state index >= 15 is 0 Å². The summed E-state index contributed by atoms with van der Waals surface area (Å²) in [7, 11) is 0. The zero-order valence-corrected chi connectivity index (χ0v) is 11.4. The van der Waals surface area contributed by atoms with Gasteiger partial charge in [0.1, 0.15) is 0 Å². The third-order valence-corrected chi connectivity index (χ3v) is 3.72. The number of nitrogens with one attached hydrogen (secondary N) is 2. The number of halogens is 1. The van der Waals surface area contributed by atoms with Crippen LogP contribution in [0.4, 0.5) is 0 Å². The first-order valence-electron chi connectivity index (χ1n) is 5.48. The van der Waals surface area contributed by atoms with Crippen LogP contribution >= 0.6 is 23.7 Å². The molecule has 0 spiro atoms. The zero-order chi connectivity index (χ0) is 11.4. The Labute approximate surface area is 112 Å². The van der Waals surface area contributed by atoms with Gasteiger partial charge in [0.05, 0.1) is 4.88 Å². The SMILES string of the molecule is Cc1ccsc1C(=O)NCC1=CCNCC1.Cl. The van der Waals surface area contributed by atoms with E-state index in [0.717, 1.165) is 30.0 Å². The fourth-order valence-corrected chi connectivity index (χ4v) is 2.55. The van der Waals surface area contributed by atoms with Crippen LogP contribution in [-0.4, -0.2) is 25.5 Å². The molecule has 1 amide bonds. The number of amides is 1. The van der Waals surface area contributed by atoms with Gasteiger partial charge in [0.2, 0.25) is 0 Å². The highest BCUT2D eigenvalue weighted by Gasteiger charge is 2.10. The predicted octanol–water partition coefficient (Wildman–Crippen LogP) is 2.13. The minimum absolute atomic E-state index is 0. The molecule has 2 N–H and O–H groups in total. The van der Waals surface area contributed by atoms with E-state index in [2.05, 4.69) is 16.7 Å². The van der Waals surface area contributed by atoms with Gasteiger partial charge < -0.3 is 10.6 Å². The molecule has 1 aliphatic heterocycles. The summed E-state index contributed by atoms with van der Waals surface area (Å²) in [6, 6.07) is 1.98. The molecule has 0 saturated heterocycles. The van der Waals surface area contributed by atoms with Crippen molar-refractivity contribution in [3.63, 3.8) is 0 Å². The molecule has 2 heterocycles. The number of hydrogen-bond acceptors (Lipinski definition) is 3. The third kappa shape index (κ3) is 3.84. The van der Waals surface area contributed by atoms with Gasteiger partial charge in [-0.15, -0.1) is 23.7 Å². The molecule has 1 aromatic rings. The molecular formula is C12H17ClN2OS. The summed E-state index contributed by atoms with van der Waals surface area (Å²) >= 11 is 1.50. The fraction of sp³-hybridized carbons (Fsp3) is 0.417. The number of aryl methyl sites for hydroxylation is 1. The van der Waals surface area contributed by atoms with Crippen LogP contribution in [0.1, 0.15) is 21.7 Å². The quantitative estimate of drug-likeness (QED) is 0.828. The lowest BCUT2D eigenvalue weighted by atomic mass is 10.1. The lowest BCUT2D eigenvalue weighted by molar-refractivity contribution is 0.0960. The molecule has 0 saturated carbocycles. The Morgan fingerprint density at radius 2 is 2.41 bits per heavy atom. The molecule has 0 aromatic carbocycles. The first-order valence-corrected chi connectivity index (χ1v) is 6.36. The van der Waals surface area contributed by atoms with E-state index in [0.29, 0.717) is 6.54 Å². The van der Waals surface area contributed by atoms with Gasteiger partial charge >= 0.3 is 0 Å². The Balaban J connectivity index is 0.00000144. The standard InChI is InChI=1S/C12H16N2OS.ClH/c1-9-4-7-16-11(9)12(15)14-8-10-2-5-13-6-3-10;/h2,4,7,13H,3,5-6,8H2,1H3,(H,14,15);1H. The summed E-state index contributed by atoms with van der Waals surface area (Å²) < 4.78 is 0. The minimum Gasteiger partial charge on any atom is -0.348 e. The number of thiophene rings is 1. The van der Waals surface area contributed by atoms with Crippen molar-refractivity contribution in [2.24, 2.45) is 0 Å². The molecule has 3 nitrogen and oxygen atoms in total. The van der Waals surface area contributed by atoms with Gasteiger partial charge in [0.25, 0.3) is 5.91 Å². The van der Waals surface area contributed by atoms with Crippen molar-refractivity contribution in [1.29, 1.82) is 0 Å². The first kappa shape index (κ1) is 14.2. The van der Waals surface area contributed by atoms with Crippen molar-refractivity contribution in [2.75, 3.05) is 19.6 Å². The van der Waals surface area contributed by atoms with E-state index in [4.69, 9.17) is 0 Å². The van der Waals surface area contributed by atoms with E-state index in [1.54, 1.807) is 0 Å². The highest BCUT2D eigenvalue weighted by molar-refractivity contribution is 7.12. The summed E-state index contributed by atoms with van der Waals surface area (Å²) in [5.41, 5.74) is 2.38. The van der Waals surface area contributed by atoms with Crippen LogP contribution < -0.4 is 10.6 Å². The van der Waals surface area contributed by atoms with Gasteiger partial charge in [0, 0.05) is 13.1 Å². The second-order valence-corrected chi connectivity index (χ2v) is 4.85. The van der Waals surface area contributed by atoms with Gasteiger partial charge in [-0.25, -0.2) is 0 Å². The number of hydrogen-bond donors (Lipinski definition) is 2. The van der Waals surface area contributed by atoms with Gasteiger partial charge in [-0.05, 0) is 36.9 Å². The van der Waals surface area contributed by atoms with Crippen molar-refractivity contribution in [3.05, 3.63) is 33.5 Å². The van der Waals surface area contributed by atoms with Crippen molar-refractivity contribution in [3.8, 4) is 0 Å². The third-order valence-electron chi connectivity index (χ3n) is 2.70. The van der Waals surface area contributed by atoms with Gasteiger partial charge in [-0.2, -0.15) is 0 Å². The minimum atomic E-state index is 0. The smallest absolute Gasteiger partial charge is 0.261 e. The maximum atomic E-state index is 11.8. The highest BCUT2D eigenvalue weighted by atomic mass is 35.5. The normalized spacial score (nSPS) is 14.8. The van der Waals surface area contributed by atoms with Crippen LogP contribution in [-0.2, 0) is 0 Å². The van der Waals surface area contributed by atoms with E-state index in [1.807, 2.05) is 18.4 Å². The van der Waals surface area contributed by atoms with E-state index in [1.165, 1.54) is 16.9 Å². The Morgan fingerprint density at radius 1 is 1.59 bits per heavy atom. The molecule has 0 atom stereocenters. The number of rotatable bonds is 3. The van der Waals surface area contributed by atoms with E-state index in [-0.39, 0.29) is 18.3 Å². The first-order chi connectivity index (χ1) is 7.77. The number of carbonyl (C=O) groups is 1. The summed E-state index contributed by atoms with van der Waals surface area (Å²) in [5, 5.41) is 8.18. The Hall–Kier alpha value is -0.840. The Kier molecular flexibility index (Phi) is 5.68. The lowest BCUT2D eigenvalue weighted by Crippen LogP contribution is -2.29. The summed E-state index contributed by atoms with van der Waals surface area (Å²) in [4.78, 5) is 12.7. The van der Waals surface area contributed by atoms with Gasteiger partial charge in [-0.1, -0.05) is 11.6 Å². The van der Waals surface area contributed by atoms with Crippen LogP contribution in [0, 0.1) is 6.92 Å². The number of carbonyl (C=O) groups excluding carboxylic acids is 1. The second kappa shape index (κ2) is 6.79. The molecule has 0 unspecified atom stereocenters. The summed E-state index contributed by atoms with van der Waals surface area (Å²) in [5.74, 6) is 0.0481.